The zero-order chi connectivity index (χ0) is 11.3. The van der Waals surface area contributed by atoms with E-state index in [1.54, 1.807) is 5.56 Å². The van der Waals surface area contributed by atoms with Crippen molar-refractivity contribution in [3.05, 3.63) is 35.4 Å². The average Bonchev–Trinajstić information content (AvgIpc) is 3.09. The van der Waals surface area contributed by atoms with Crippen LogP contribution in [-0.2, 0) is 13.0 Å². The molecule has 4 rings (SSSR count). The third-order valence-corrected chi connectivity index (χ3v) is 4.72. The van der Waals surface area contributed by atoms with Gasteiger partial charge in [-0.2, -0.15) is 0 Å². The fourth-order valence-corrected chi connectivity index (χ4v) is 3.49. The Kier molecular flexibility index (Phi) is 2.12. The van der Waals surface area contributed by atoms with Crippen LogP contribution in [0.1, 0.15) is 24.0 Å². The van der Waals surface area contributed by atoms with Gasteiger partial charge in [0.05, 0.1) is 0 Å². The van der Waals surface area contributed by atoms with Gasteiger partial charge < -0.3 is 10.2 Å². The summed E-state index contributed by atoms with van der Waals surface area (Å²) in [6, 6.07) is 9.53. The maximum Gasteiger partial charge on any atom is 0.0238 e. The maximum atomic E-state index is 3.68. The molecule has 2 aliphatic heterocycles. The summed E-state index contributed by atoms with van der Waals surface area (Å²) in [5.74, 6) is 0. The molecule has 0 unspecified atom stereocenters. The van der Waals surface area contributed by atoms with E-state index in [1.807, 2.05) is 0 Å². The van der Waals surface area contributed by atoms with Crippen molar-refractivity contribution in [1.82, 2.24) is 10.2 Å². The van der Waals surface area contributed by atoms with Crippen molar-refractivity contribution >= 4 is 0 Å². The molecule has 0 radical (unpaired) electrons. The summed E-state index contributed by atoms with van der Waals surface area (Å²) in [4.78, 5) is 2.64. The quantitative estimate of drug-likeness (QED) is 0.830. The fraction of sp³-hybridized carbons (Fsp3) is 0.600. The van der Waals surface area contributed by atoms with Crippen LogP contribution in [0.2, 0.25) is 0 Å². The summed E-state index contributed by atoms with van der Waals surface area (Å²) in [6.45, 7) is 5.04. The highest BCUT2D eigenvalue weighted by molar-refractivity contribution is 5.30. The summed E-state index contributed by atoms with van der Waals surface area (Å²) in [5, 5.41) is 3.68. The van der Waals surface area contributed by atoms with Crippen LogP contribution in [0.3, 0.4) is 0 Å². The molecule has 3 aliphatic rings. The Bertz CT molecular complexity index is 428. The van der Waals surface area contributed by atoms with Crippen molar-refractivity contribution in [3.63, 3.8) is 0 Å². The smallest absolute Gasteiger partial charge is 0.0238 e. The first kappa shape index (κ1) is 10.1. The van der Waals surface area contributed by atoms with Crippen molar-refractivity contribution in [1.29, 1.82) is 0 Å². The van der Waals surface area contributed by atoms with Gasteiger partial charge in [0.25, 0.3) is 0 Å². The molecule has 0 aromatic heterocycles. The maximum absolute atomic E-state index is 3.68. The minimum Gasteiger partial charge on any atom is -0.308 e. The normalized spacial score (nSPS) is 29.8. The van der Waals surface area contributed by atoms with E-state index in [4.69, 9.17) is 0 Å². The van der Waals surface area contributed by atoms with Gasteiger partial charge in [-0.25, -0.2) is 0 Å². The molecule has 1 N–H and O–H groups in total. The number of nitrogens with one attached hydrogen (secondary N) is 1. The molecule has 1 aromatic rings. The first-order valence-corrected chi connectivity index (χ1v) is 6.86. The van der Waals surface area contributed by atoms with Gasteiger partial charge in [0.2, 0.25) is 0 Å². The van der Waals surface area contributed by atoms with E-state index < -0.39 is 0 Å². The van der Waals surface area contributed by atoms with Gasteiger partial charge in [0.15, 0.2) is 0 Å². The van der Waals surface area contributed by atoms with Crippen molar-refractivity contribution in [2.45, 2.75) is 31.8 Å². The fourth-order valence-electron chi connectivity index (χ4n) is 3.49. The van der Waals surface area contributed by atoms with Crippen LogP contribution in [-0.4, -0.2) is 30.6 Å². The highest BCUT2D eigenvalue weighted by Gasteiger charge is 2.52. The van der Waals surface area contributed by atoms with E-state index in [1.165, 1.54) is 44.5 Å². The molecule has 2 fully saturated rings. The Balaban J connectivity index is 1.38. The second-order valence-electron chi connectivity index (χ2n) is 6.22. The summed E-state index contributed by atoms with van der Waals surface area (Å²) in [6.07, 6.45) is 4.19. The molecular weight excluding hydrogens is 208 g/mol. The summed E-state index contributed by atoms with van der Waals surface area (Å²) < 4.78 is 0. The number of rotatable bonds is 2. The van der Waals surface area contributed by atoms with Crippen LogP contribution in [0.5, 0.6) is 0 Å². The molecule has 1 saturated carbocycles. The van der Waals surface area contributed by atoms with E-state index in [0.717, 1.165) is 12.0 Å². The SMILES string of the molecule is c1ccc2c(c1)CN[C@H](CN1CC3(CC3)C1)C2. The van der Waals surface area contributed by atoms with Crippen LogP contribution < -0.4 is 5.32 Å². The molecule has 17 heavy (non-hydrogen) atoms. The Morgan fingerprint density at radius 2 is 1.94 bits per heavy atom. The molecule has 1 aromatic carbocycles. The first-order chi connectivity index (χ1) is 8.33. The molecule has 1 aliphatic carbocycles. The second-order valence-corrected chi connectivity index (χ2v) is 6.22. The molecular formula is C15H20N2. The molecule has 0 amide bonds. The predicted molar refractivity (Wildman–Crippen MR) is 68.9 cm³/mol. The third kappa shape index (κ3) is 1.80. The van der Waals surface area contributed by atoms with Gasteiger partial charge in [-0.3, -0.25) is 0 Å². The van der Waals surface area contributed by atoms with E-state index in [9.17, 15) is 0 Å². The van der Waals surface area contributed by atoms with E-state index >= 15 is 0 Å². The average molecular weight is 228 g/mol. The molecule has 90 valence electrons. The molecule has 0 bridgehead atoms. The zero-order valence-electron chi connectivity index (χ0n) is 10.3. The van der Waals surface area contributed by atoms with Crippen LogP contribution in [0.25, 0.3) is 0 Å². The predicted octanol–water partition coefficient (Wildman–Crippen LogP) is 1.80. The lowest BCUT2D eigenvalue weighted by Gasteiger charge is -2.42. The molecule has 2 heterocycles. The van der Waals surface area contributed by atoms with Crippen molar-refractivity contribution in [2.24, 2.45) is 5.41 Å². The Labute approximate surface area is 103 Å². The second kappa shape index (κ2) is 3.56. The van der Waals surface area contributed by atoms with Crippen molar-refractivity contribution in [3.8, 4) is 0 Å². The number of fused-ring (bicyclic) bond motifs is 1. The largest absolute Gasteiger partial charge is 0.308 e. The highest BCUT2D eigenvalue weighted by atomic mass is 15.2. The standard InChI is InChI=1S/C15H20N2/c1-2-4-13-8-16-14(7-12(13)3-1)9-17-10-15(11-17)5-6-15/h1-4,14,16H,5-11H2/t14-/m0/s1. The molecule has 1 atom stereocenters. The van der Waals surface area contributed by atoms with Gasteiger partial charge in [0.1, 0.15) is 0 Å². The van der Waals surface area contributed by atoms with E-state index in [2.05, 4.69) is 34.5 Å². The van der Waals surface area contributed by atoms with Gasteiger partial charge in [0, 0.05) is 32.2 Å². The monoisotopic (exact) mass is 228 g/mol. The number of benzene rings is 1. The molecule has 1 spiro atoms. The summed E-state index contributed by atoms with van der Waals surface area (Å²) in [7, 11) is 0. The molecule has 2 nitrogen and oxygen atoms in total. The Morgan fingerprint density at radius 3 is 2.71 bits per heavy atom. The third-order valence-electron chi connectivity index (χ3n) is 4.72. The Hall–Kier alpha value is -0.860. The number of nitrogens with zero attached hydrogens (tertiary/aromatic N) is 1. The summed E-state index contributed by atoms with van der Waals surface area (Å²) >= 11 is 0. The van der Waals surface area contributed by atoms with Crippen LogP contribution >= 0.6 is 0 Å². The van der Waals surface area contributed by atoms with Gasteiger partial charge in [-0.05, 0) is 35.8 Å². The minimum absolute atomic E-state index is 0.668. The van der Waals surface area contributed by atoms with Gasteiger partial charge >= 0.3 is 0 Å². The van der Waals surface area contributed by atoms with Gasteiger partial charge in [-0.15, -0.1) is 0 Å². The van der Waals surface area contributed by atoms with Crippen LogP contribution in [0, 0.1) is 5.41 Å². The first-order valence-electron chi connectivity index (χ1n) is 6.86. The lowest BCUT2D eigenvalue weighted by molar-refractivity contribution is 0.0696. The van der Waals surface area contributed by atoms with Gasteiger partial charge in [-0.1, -0.05) is 24.3 Å². The summed E-state index contributed by atoms with van der Waals surface area (Å²) in [5.41, 5.74) is 3.84. The van der Waals surface area contributed by atoms with E-state index in [0.29, 0.717) is 6.04 Å². The van der Waals surface area contributed by atoms with Crippen LogP contribution in [0.15, 0.2) is 24.3 Å². The number of hydrogen-bond acceptors (Lipinski definition) is 2. The van der Waals surface area contributed by atoms with Crippen molar-refractivity contribution < 1.29 is 0 Å². The molecule has 2 heteroatoms. The lowest BCUT2D eigenvalue weighted by atomic mass is 9.92. The molecule has 1 saturated heterocycles. The van der Waals surface area contributed by atoms with Crippen molar-refractivity contribution in [2.75, 3.05) is 19.6 Å². The number of hydrogen-bond donors (Lipinski definition) is 1. The highest BCUT2D eigenvalue weighted by Crippen LogP contribution is 2.52. The zero-order valence-corrected chi connectivity index (χ0v) is 10.3. The van der Waals surface area contributed by atoms with E-state index in [-0.39, 0.29) is 0 Å². The van der Waals surface area contributed by atoms with Crippen LogP contribution in [0.4, 0.5) is 0 Å². The minimum atomic E-state index is 0.668. The number of likely N-dealkylation sites (tertiary alicyclic amines) is 1. The Morgan fingerprint density at radius 1 is 1.18 bits per heavy atom. The lowest BCUT2D eigenvalue weighted by Crippen LogP contribution is -2.54. The topological polar surface area (TPSA) is 15.3 Å².